The third-order valence-electron chi connectivity index (χ3n) is 2.93. The molecule has 0 aliphatic carbocycles. The molecular formula is C15H16N2O. The molecule has 3 nitrogen and oxygen atoms in total. The second-order valence-corrected chi connectivity index (χ2v) is 4.36. The van der Waals surface area contributed by atoms with Gasteiger partial charge in [0.15, 0.2) is 5.78 Å². The Labute approximate surface area is 107 Å². The quantitative estimate of drug-likeness (QED) is 0.660. The molecule has 2 N–H and O–H groups in total. The van der Waals surface area contributed by atoms with Crippen LogP contribution in [0.15, 0.2) is 42.7 Å². The molecule has 0 atom stereocenters. The number of ketones is 1. The molecule has 0 saturated heterocycles. The van der Waals surface area contributed by atoms with E-state index in [-0.39, 0.29) is 5.78 Å². The van der Waals surface area contributed by atoms with Crippen molar-refractivity contribution in [3.8, 4) is 0 Å². The Morgan fingerprint density at radius 1 is 1.33 bits per heavy atom. The SMILES string of the molecule is Cc1ccncc1C(=O)CCc1cccc(N)c1. The molecule has 3 heteroatoms. The lowest BCUT2D eigenvalue weighted by atomic mass is 10.0. The normalized spacial score (nSPS) is 10.3. The Balaban J connectivity index is 2.03. The Bertz CT molecular complexity index is 564. The monoisotopic (exact) mass is 240 g/mol. The number of anilines is 1. The first-order valence-electron chi connectivity index (χ1n) is 5.95. The molecule has 0 amide bonds. The Kier molecular flexibility index (Phi) is 3.72. The highest BCUT2D eigenvalue weighted by atomic mass is 16.1. The van der Waals surface area contributed by atoms with Crippen LogP contribution in [0.1, 0.15) is 27.9 Å². The van der Waals surface area contributed by atoms with Crippen molar-refractivity contribution in [3.05, 3.63) is 59.4 Å². The highest BCUT2D eigenvalue weighted by Crippen LogP contribution is 2.13. The summed E-state index contributed by atoms with van der Waals surface area (Å²) < 4.78 is 0. The summed E-state index contributed by atoms with van der Waals surface area (Å²) in [7, 11) is 0. The van der Waals surface area contributed by atoms with Gasteiger partial charge in [0, 0.05) is 30.1 Å². The zero-order valence-corrected chi connectivity index (χ0v) is 10.4. The molecule has 0 aliphatic rings. The number of hydrogen-bond acceptors (Lipinski definition) is 3. The third-order valence-corrected chi connectivity index (χ3v) is 2.93. The van der Waals surface area contributed by atoms with E-state index in [1.54, 1.807) is 12.4 Å². The van der Waals surface area contributed by atoms with Gasteiger partial charge in [0.1, 0.15) is 0 Å². The highest BCUT2D eigenvalue weighted by Gasteiger charge is 2.09. The van der Waals surface area contributed by atoms with E-state index in [2.05, 4.69) is 4.98 Å². The topological polar surface area (TPSA) is 56.0 Å². The fraction of sp³-hybridized carbons (Fsp3) is 0.200. The van der Waals surface area contributed by atoms with E-state index in [9.17, 15) is 4.79 Å². The minimum Gasteiger partial charge on any atom is -0.399 e. The van der Waals surface area contributed by atoms with Gasteiger partial charge in [0.25, 0.3) is 0 Å². The largest absolute Gasteiger partial charge is 0.399 e. The number of rotatable bonds is 4. The van der Waals surface area contributed by atoms with E-state index in [0.717, 1.165) is 16.8 Å². The van der Waals surface area contributed by atoms with Crippen LogP contribution in [0, 0.1) is 6.92 Å². The maximum Gasteiger partial charge on any atom is 0.165 e. The summed E-state index contributed by atoms with van der Waals surface area (Å²) in [4.78, 5) is 16.0. The summed E-state index contributed by atoms with van der Waals surface area (Å²) in [6.07, 6.45) is 4.52. The molecule has 0 aliphatic heterocycles. The molecule has 0 saturated carbocycles. The number of nitrogen functional groups attached to an aromatic ring is 1. The Morgan fingerprint density at radius 3 is 2.89 bits per heavy atom. The Morgan fingerprint density at radius 2 is 2.17 bits per heavy atom. The molecule has 1 aromatic carbocycles. The molecular weight excluding hydrogens is 224 g/mol. The van der Waals surface area contributed by atoms with Gasteiger partial charge in [0.05, 0.1) is 0 Å². The van der Waals surface area contributed by atoms with Crippen molar-refractivity contribution in [2.24, 2.45) is 0 Å². The van der Waals surface area contributed by atoms with Crippen LogP contribution < -0.4 is 5.73 Å². The van der Waals surface area contributed by atoms with E-state index in [1.807, 2.05) is 37.3 Å². The maximum absolute atomic E-state index is 12.1. The molecule has 2 aromatic rings. The smallest absolute Gasteiger partial charge is 0.165 e. The van der Waals surface area contributed by atoms with Crippen molar-refractivity contribution in [3.63, 3.8) is 0 Å². The number of pyridine rings is 1. The predicted octanol–water partition coefficient (Wildman–Crippen LogP) is 2.79. The molecule has 92 valence electrons. The number of hydrogen-bond donors (Lipinski definition) is 1. The van der Waals surface area contributed by atoms with Crippen LogP contribution in [0.2, 0.25) is 0 Å². The average Bonchev–Trinajstić information content (AvgIpc) is 2.37. The number of carbonyl (C=O) groups excluding carboxylic acids is 1. The molecule has 0 radical (unpaired) electrons. The molecule has 1 aromatic heterocycles. The van der Waals surface area contributed by atoms with Gasteiger partial charge in [-0.3, -0.25) is 9.78 Å². The van der Waals surface area contributed by atoms with Gasteiger partial charge in [0.2, 0.25) is 0 Å². The van der Waals surface area contributed by atoms with Gasteiger partial charge in [-0.1, -0.05) is 12.1 Å². The van der Waals surface area contributed by atoms with Gasteiger partial charge < -0.3 is 5.73 Å². The van der Waals surface area contributed by atoms with Crippen LogP contribution in [0.5, 0.6) is 0 Å². The first kappa shape index (κ1) is 12.3. The van der Waals surface area contributed by atoms with Crippen molar-refractivity contribution >= 4 is 11.5 Å². The first-order chi connectivity index (χ1) is 8.66. The number of nitrogens with two attached hydrogens (primary N) is 1. The molecule has 2 rings (SSSR count). The van der Waals surface area contributed by atoms with Crippen LogP contribution in [0.25, 0.3) is 0 Å². The van der Waals surface area contributed by atoms with Gasteiger partial charge in [-0.15, -0.1) is 0 Å². The average molecular weight is 240 g/mol. The lowest BCUT2D eigenvalue weighted by Crippen LogP contribution is -2.04. The van der Waals surface area contributed by atoms with Crippen molar-refractivity contribution in [2.75, 3.05) is 5.73 Å². The zero-order valence-electron chi connectivity index (χ0n) is 10.4. The van der Waals surface area contributed by atoms with Crippen LogP contribution >= 0.6 is 0 Å². The molecule has 0 bridgehead atoms. The summed E-state index contributed by atoms with van der Waals surface area (Å²) in [6.45, 7) is 1.93. The lowest BCUT2D eigenvalue weighted by Gasteiger charge is -2.04. The Hall–Kier alpha value is -2.16. The first-order valence-corrected chi connectivity index (χ1v) is 5.95. The van der Waals surface area contributed by atoms with E-state index < -0.39 is 0 Å². The minimum atomic E-state index is 0.128. The zero-order chi connectivity index (χ0) is 13.0. The van der Waals surface area contributed by atoms with Gasteiger partial charge in [-0.25, -0.2) is 0 Å². The van der Waals surface area contributed by atoms with Gasteiger partial charge >= 0.3 is 0 Å². The summed E-state index contributed by atoms with van der Waals surface area (Å²) >= 11 is 0. The van der Waals surface area contributed by atoms with Gasteiger partial charge in [-0.05, 0) is 42.7 Å². The van der Waals surface area contributed by atoms with E-state index in [0.29, 0.717) is 18.4 Å². The van der Waals surface area contributed by atoms with Crippen LogP contribution in [-0.4, -0.2) is 10.8 Å². The number of carbonyl (C=O) groups is 1. The van der Waals surface area contributed by atoms with Gasteiger partial charge in [-0.2, -0.15) is 0 Å². The summed E-state index contributed by atoms with van der Waals surface area (Å²) in [5, 5.41) is 0. The second kappa shape index (κ2) is 5.45. The van der Waals surface area contributed by atoms with Crippen LogP contribution in [-0.2, 0) is 6.42 Å². The number of aromatic nitrogens is 1. The molecule has 0 fully saturated rings. The van der Waals surface area contributed by atoms with E-state index >= 15 is 0 Å². The third kappa shape index (κ3) is 2.94. The number of Topliss-reactive ketones (excluding diaryl/α,β-unsaturated/α-hetero) is 1. The van der Waals surface area contributed by atoms with Crippen molar-refractivity contribution in [1.29, 1.82) is 0 Å². The van der Waals surface area contributed by atoms with Crippen molar-refractivity contribution in [1.82, 2.24) is 4.98 Å². The molecule has 18 heavy (non-hydrogen) atoms. The van der Waals surface area contributed by atoms with E-state index in [1.165, 1.54) is 0 Å². The maximum atomic E-state index is 12.1. The van der Waals surface area contributed by atoms with Crippen LogP contribution in [0.4, 0.5) is 5.69 Å². The highest BCUT2D eigenvalue weighted by molar-refractivity contribution is 5.97. The number of benzene rings is 1. The fourth-order valence-electron chi connectivity index (χ4n) is 1.90. The van der Waals surface area contributed by atoms with E-state index in [4.69, 9.17) is 5.73 Å². The van der Waals surface area contributed by atoms with Crippen molar-refractivity contribution in [2.45, 2.75) is 19.8 Å². The van der Waals surface area contributed by atoms with Crippen molar-refractivity contribution < 1.29 is 4.79 Å². The molecule has 0 spiro atoms. The summed E-state index contributed by atoms with van der Waals surface area (Å²) in [5.41, 5.74) is 9.21. The standard InChI is InChI=1S/C15H16N2O/c1-11-7-8-17-10-14(11)15(18)6-5-12-3-2-4-13(16)9-12/h2-4,7-10H,5-6,16H2,1H3. The van der Waals surface area contributed by atoms with Crippen LogP contribution in [0.3, 0.4) is 0 Å². The number of nitrogens with zero attached hydrogens (tertiary/aromatic N) is 1. The molecule has 0 unspecified atom stereocenters. The summed E-state index contributed by atoms with van der Waals surface area (Å²) in [6, 6.07) is 9.50. The molecule has 1 heterocycles. The predicted molar refractivity (Wildman–Crippen MR) is 72.5 cm³/mol. The summed E-state index contributed by atoms with van der Waals surface area (Å²) in [5.74, 6) is 0.128. The fourth-order valence-corrected chi connectivity index (χ4v) is 1.90. The second-order valence-electron chi connectivity index (χ2n) is 4.36. The minimum absolute atomic E-state index is 0.128. The lowest BCUT2D eigenvalue weighted by molar-refractivity contribution is 0.0982. The number of aryl methyl sites for hydroxylation is 2.